The van der Waals surface area contributed by atoms with Gasteiger partial charge in [-0.15, -0.1) is 6.58 Å². The number of ketones is 1. The van der Waals surface area contributed by atoms with Crippen LogP contribution in [0.15, 0.2) is 12.7 Å². The van der Waals surface area contributed by atoms with Crippen LogP contribution in [0.2, 0.25) is 0 Å². The first kappa shape index (κ1) is 34.3. The smallest absolute Gasteiger partial charge is 0.408 e. The van der Waals surface area contributed by atoms with Gasteiger partial charge in [-0.2, -0.15) is 0 Å². The standard InChI is InChI=1S/C30H50N4O7/c1-11-13-19(22(35)25(37)31-16-12-2)32-24(36)21-18-14-15-30(9,10)40-20(18)17-34(21)26(38)23(28(3,4)5)33-27(39)41-29(6,7)8/h12,18-21,23H,2,11,13-17H2,1,3-10H3,(H,31,37)(H,32,36)(H,33,39)/t18-,19?,20?,21+,23-/m1/s1. The van der Waals surface area contributed by atoms with E-state index >= 15 is 0 Å². The third kappa shape index (κ3) is 9.28. The van der Waals surface area contributed by atoms with Crippen molar-refractivity contribution in [3.8, 4) is 0 Å². The first-order chi connectivity index (χ1) is 18.8. The molecule has 2 aliphatic heterocycles. The van der Waals surface area contributed by atoms with Crippen LogP contribution in [-0.4, -0.2) is 83.0 Å². The summed E-state index contributed by atoms with van der Waals surface area (Å²) in [6.07, 6.45) is 2.44. The average molecular weight is 579 g/mol. The molecule has 3 N–H and O–H groups in total. The van der Waals surface area contributed by atoms with E-state index in [1.165, 1.54) is 11.0 Å². The second kappa shape index (κ2) is 13.4. The number of likely N-dealkylation sites (tertiary alicyclic amines) is 1. The summed E-state index contributed by atoms with van der Waals surface area (Å²) < 4.78 is 11.7. The predicted octanol–water partition coefficient (Wildman–Crippen LogP) is 2.87. The molecule has 0 aliphatic carbocycles. The summed E-state index contributed by atoms with van der Waals surface area (Å²) >= 11 is 0. The van der Waals surface area contributed by atoms with E-state index < -0.39 is 70.4 Å². The first-order valence-corrected chi connectivity index (χ1v) is 14.5. The lowest BCUT2D eigenvalue weighted by Crippen LogP contribution is -2.60. The minimum Gasteiger partial charge on any atom is -0.444 e. The van der Waals surface area contributed by atoms with Gasteiger partial charge >= 0.3 is 6.09 Å². The lowest BCUT2D eigenvalue weighted by molar-refractivity contribution is -0.145. The molecule has 0 aromatic heterocycles. The maximum Gasteiger partial charge on any atom is 0.408 e. The Bertz CT molecular complexity index is 1010. The highest BCUT2D eigenvalue weighted by molar-refractivity contribution is 6.38. The van der Waals surface area contributed by atoms with Crippen molar-refractivity contribution in [1.29, 1.82) is 0 Å². The van der Waals surface area contributed by atoms with Crippen LogP contribution in [0.3, 0.4) is 0 Å². The van der Waals surface area contributed by atoms with Crippen LogP contribution >= 0.6 is 0 Å². The van der Waals surface area contributed by atoms with E-state index in [1.54, 1.807) is 20.8 Å². The zero-order valence-corrected chi connectivity index (χ0v) is 26.2. The predicted molar refractivity (Wildman–Crippen MR) is 155 cm³/mol. The van der Waals surface area contributed by atoms with E-state index in [0.29, 0.717) is 19.3 Å². The zero-order valence-electron chi connectivity index (χ0n) is 26.2. The number of hydrogen-bond donors (Lipinski definition) is 3. The Hall–Kier alpha value is -2.95. The lowest BCUT2D eigenvalue weighted by Gasteiger charge is -2.39. The maximum absolute atomic E-state index is 14.2. The van der Waals surface area contributed by atoms with Gasteiger partial charge < -0.3 is 30.3 Å². The number of ether oxygens (including phenoxy) is 2. The number of carbonyl (C=O) groups excluding carboxylic acids is 5. The molecule has 0 aromatic rings. The Labute approximate surface area is 244 Å². The number of nitrogens with zero attached hydrogens (tertiary/aromatic N) is 1. The minimum absolute atomic E-state index is 0.123. The van der Waals surface area contributed by atoms with Gasteiger partial charge in [0.2, 0.25) is 17.6 Å². The molecule has 0 saturated carbocycles. The summed E-state index contributed by atoms with van der Waals surface area (Å²) in [6.45, 7) is 20.3. The third-order valence-corrected chi connectivity index (χ3v) is 7.31. The van der Waals surface area contributed by atoms with Crippen molar-refractivity contribution < 1.29 is 33.4 Å². The largest absolute Gasteiger partial charge is 0.444 e. The normalized spacial score (nSPS) is 23.4. The highest BCUT2D eigenvalue weighted by Gasteiger charge is 2.54. The Morgan fingerprint density at radius 2 is 1.73 bits per heavy atom. The Morgan fingerprint density at radius 1 is 1.10 bits per heavy atom. The van der Waals surface area contributed by atoms with Gasteiger partial charge in [0, 0.05) is 19.0 Å². The molecule has 2 fully saturated rings. The number of nitrogens with one attached hydrogen (secondary N) is 3. The molecule has 11 heteroatoms. The van der Waals surface area contributed by atoms with E-state index in [4.69, 9.17) is 9.47 Å². The van der Waals surface area contributed by atoms with E-state index in [0.717, 1.165) is 0 Å². The van der Waals surface area contributed by atoms with Crippen LogP contribution in [0.25, 0.3) is 0 Å². The van der Waals surface area contributed by atoms with Crippen molar-refractivity contribution in [2.24, 2.45) is 11.3 Å². The molecule has 2 unspecified atom stereocenters. The molecule has 0 bridgehead atoms. The Morgan fingerprint density at radius 3 is 2.27 bits per heavy atom. The van der Waals surface area contributed by atoms with Crippen LogP contribution in [0.5, 0.6) is 0 Å². The summed E-state index contributed by atoms with van der Waals surface area (Å²) in [6, 6.07) is -3.00. The van der Waals surface area contributed by atoms with Crippen LogP contribution in [0.4, 0.5) is 4.79 Å². The molecule has 232 valence electrons. The van der Waals surface area contributed by atoms with Crippen molar-refractivity contribution in [3.63, 3.8) is 0 Å². The summed E-state index contributed by atoms with van der Waals surface area (Å²) in [4.78, 5) is 67.6. The number of Topliss-reactive ketones (excluding diaryl/α,β-unsaturated/α-hetero) is 1. The molecular weight excluding hydrogens is 528 g/mol. The van der Waals surface area contributed by atoms with E-state index in [9.17, 15) is 24.0 Å². The van der Waals surface area contributed by atoms with Gasteiger partial charge in [-0.05, 0) is 59.3 Å². The summed E-state index contributed by atoms with van der Waals surface area (Å²) in [5.74, 6) is -2.85. The van der Waals surface area contributed by atoms with Gasteiger partial charge in [0.1, 0.15) is 17.7 Å². The number of alkyl carbamates (subject to hydrolysis) is 1. The van der Waals surface area contributed by atoms with Crippen LogP contribution < -0.4 is 16.0 Å². The number of rotatable bonds is 10. The molecule has 11 nitrogen and oxygen atoms in total. The van der Waals surface area contributed by atoms with Gasteiger partial charge in [0.15, 0.2) is 0 Å². The summed E-state index contributed by atoms with van der Waals surface area (Å²) in [5.41, 5.74) is -1.91. The van der Waals surface area contributed by atoms with Crippen molar-refractivity contribution in [1.82, 2.24) is 20.9 Å². The fraction of sp³-hybridized carbons (Fsp3) is 0.767. The number of amides is 4. The van der Waals surface area contributed by atoms with Gasteiger partial charge in [0.25, 0.3) is 5.91 Å². The maximum atomic E-state index is 14.2. The zero-order chi connectivity index (χ0) is 31.3. The molecule has 5 atom stereocenters. The molecule has 0 spiro atoms. The van der Waals surface area contributed by atoms with Gasteiger partial charge in [-0.25, -0.2) is 4.79 Å². The SMILES string of the molecule is C=CCNC(=O)C(=O)C(CCC)NC(=O)[C@@H]1[C@@H]2CCC(C)(C)OC2CN1C(=O)[C@@H](NC(=O)OC(C)(C)C)C(C)(C)C. The van der Waals surface area contributed by atoms with E-state index in [2.05, 4.69) is 22.5 Å². The Kier molecular flexibility index (Phi) is 11.2. The van der Waals surface area contributed by atoms with Gasteiger partial charge in [0.05, 0.1) is 17.7 Å². The van der Waals surface area contributed by atoms with Crippen LogP contribution in [-0.2, 0) is 28.7 Å². The number of fused-ring (bicyclic) bond motifs is 1. The fourth-order valence-corrected chi connectivity index (χ4v) is 5.36. The minimum atomic E-state index is -1.05. The van der Waals surface area contributed by atoms with Crippen molar-refractivity contribution >= 4 is 29.6 Å². The second-order valence-electron chi connectivity index (χ2n) is 13.7. The highest BCUT2D eigenvalue weighted by Crippen LogP contribution is 2.41. The average Bonchev–Trinajstić information content (AvgIpc) is 3.20. The molecular formula is C30H50N4O7. The molecule has 2 saturated heterocycles. The fourth-order valence-electron chi connectivity index (χ4n) is 5.36. The quantitative estimate of drug-likeness (QED) is 0.267. The van der Waals surface area contributed by atoms with Crippen molar-refractivity contribution in [2.45, 2.75) is 123 Å². The monoisotopic (exact) mass is 578 g/mol. The summed E-state index contributed by atoms with van der Waals surface area (Å²) in [5, 5.41) is 7.96. The number of carbonyl (C=O) groups is 5. The van der Waals surface area contributed by atoms with Crippen molar-refractivity contribution in [3.05, 3.63) is 12.7 Å². The van der Waals surface area contributed by atoms with E-state index in [-0.39, 0.29) is 25.4 Å². The first-order valence-electron chi connectivity index (χ1n) is 14.5. The lowest BCUT2D eigenvalue weighted by atomic mass is 9.83. The molecule has 2 heterocycles. The highest BCUT2D eigenvalue weighted by atomic mass is 16.6. The molecule has 41 heavy (non-hydrogen) atoms. The molecule has 4 amide bonds. The summed E-state index contributed by atoms with van der Waals surface area (Å²) in [7, 11) is 0. The number of hydrogen-bond acceptors (Lipinski definition) is 7. The molecule has 2 aliphatic rings. The second-order valence-corrected chi connectivity index (χ2v) is 13.7. The Balaban J connectivity index is 2.41. The molecule has 0 radical (unpaired) electrons. The van der Waals surface area contributed by atoms with Crippen LogP contribution in [0.1, 0.15) is 88.0 Å². The van der Waals surface area contributed by atoms with Crippen LogP contribution in [0, 0.1) is 11.3 Å². The molecule has 0 aromatic carbocycles. The van der Waals surface area contributed by atoms with E-state index in [1.807, 2.05) is 41.5 Å². The third-order valence-electron chi connectivity index (χ3n) is 7.31. The van der Waals surface area contributed by atoms with Crippen molar-refractivity contribution in [2.75, 3.05) is 13.1 Å². The van der Waals surface area contributed by atoms with Gasteiger partial charge in [-0.3, -0.25) is 19.2 Å². The van der Waals surface area contributed by atoms with Gasteiger partial charge in [-0.1, -0.05) is 40.2 Å². The molecule has 2 rings (SSSR count). The topological polar surface area (TPSA) is 143 Å².